The van der Waals surface area contributed by atoms with Crippen molar-refractivity contribution in [3.8, 4) is 0 Å². The van der Waals surface area contributed by atoms with E-state index in [0.29, 0.717) is 38.5 Å². The normalized spacial score (nSPS) is 15.9. The van der Waals surface area contributed by atoms with Crippen molar-refractivity contribution in [3.63, 3.8) is 0 Å². The van der Waals surface area contributed by atoms with E-state index in [-0.39, 0.29) is 5.91 Å². The summed E-state index contributed by atoms with van der Waals surface area (Å²) in [4.78, 5) is 21.2. The minimum atomic E-state index is -0.00106. The van der Waals surface area contributed by atoms with E-state index in [2.05, 4.69) is 4.98 Å². The number of fused-ring (bicyclic) bond motifs is 1. The number of imidazole rings is 1. The Kier molecular flexibility index (Phi) is 3.90. The molecule has 1 aliphatic heterocycles. The lowest BCUT2D eigenvalue weighted by molar-refractivity contribution is 0.0298. The molecule has 112 valence electrons. The zero-order valence-corrected chi connectivity index (χ0v) is 12.5. The third-order valence-electron chi connectivity index (χ3n) is 3.60. The van der Waals surface area contributed by atoms with Crippen LogP contribution in [-0.4, -0.2) is 65.5 Å². The quantitative estimate of drug-likeness (QED) is 0.841. The highest BCUT2D eigenvalue weighted by Crippen LogP contribution is 2.17. The van der Waals surface area contributed by atoms with Crippen molar-refractivity contribution >= 4 is 11.6 Å². The topological polar surface area (TPSA) is 50.1 Å². The molecule has 21 heavy (non-hydrogen) atoms. The van der Waals surface area contributed by atoms with Gasteiger partial charge in [0.25, 0.3) is 5.91 Å². The van der Waals surface area contributed by atoms with Gasteiger partial charge in [0.1, 0.15) is 5.65 Å². The van der Waals surface area contributed by atoms with Gasteiger partial charge in [0, 0.05) is 25.8 Å². The summed E-state index contributed by atoms with van der Waals surface area (Å²) >= 11 is 0. The van der Waals surface area contributed by atoms with Crippen molar-refractivity contribution in [2.24, 2.45) is 0 Å². The summed E-state index contributed by atoms with van der Waals surface area (Å²) in [5, 5.41) is 0. The smallest absolute Gasteiger partial charge is 0.274 e. The first kappa shape index (κ1) is 14.0. The van der Waals surface area contributed by atoms with Gasteiger partial charge in [0.2, 0.25) is 0 Å². The molecule has 0 atom stereocenters. The van der Waals surface area contributed by atoms with Crippen LogP contribution in [0.25, 0.3) is 5.65 Å². The fourth-order valence-corrected chi connectivity index (χ4v) is 2.58. The maximum atomic E-state index is 12.7. The molecule has 1 fully saturated rings. The zero-order chi connectivity index (χ0) is 14.8. The van der Waals surface area contributed by atoms with Gasteiger partial charge in [-0.15, -0.1) is 0 Å². The molecular weight excluding hydrogens is 268 g/mol. The van der Waals surface area contributed by atoms with Crippen LogP contribution in [0.4, 0.5) is 0 Å². The Morgan fingerprint density at radius 3 is 2.81 bits per heavy atom. The van der Waals surface area contributed by atoms with Gasteiger partial charge < -0.3 is 18.9 Å². The maximum absolute atomic E-state index is 12.7. The fraction of sp³-hybridized carbons (Fsp3) is 0.467. The van der Waals surface area contributed by atoms with Crippen molar-refractivity contribution in [2.75, 3.05) is 40.4 Å². The molecule has 0 aliphatic carbocycles. The number of pyridine rings is 1. The van der Waals surface area contributed by atoms with Gasteiger partial charge >= 0.3 is 0 Å². The van der Waals surface area contributed by atoms with E-state index < -0.39 is 0 Å². The summed E-state index contributed by atoms with van der Waals surface area (Å²) in [5.74, 6) is -0.00106. The molecule has 3 rings (SSSR count). The van der Waals surface area contributed by atoms with Crippen molar-refractivity contribution in [1.29, 1.82) is 0 Å². The first-order valence-corrected chi connectivity index (χ1v) is 7.14. The van der Waals surface area contributed by atoms with E-state index >= 15 is 0 Å². The second-order valence-electron chi connectivity index (χ2n) is 5.48. The van der Waals surface area contributed by atoms with Gasteiger partial charge in [-0.3, -0.25) is 4.79 Å². The molecule has 0 bridgehead atoms. The number of morpholine rings is 1. The summed E-state index contributed by atoms with van der Waals surface area (Å²) in [7, 11) is 3.98. The highest BCUT2D eigenvalue weighted by atomic mass is 16.5. The molecule has 2 aromatic rings. The lowest BCUT2D eigenvalue weighted by Crippen LogP contribution is -2.41. The number of hydrogen-bond acceptors (Lipinski definition) is 4. The number of carbonyl (C=O) groups excluding carboxylic acids is 1. The third kappa shape index (κ3) is 2.77. The van der Waals surface area contributed by atoms with E-state index in [1.165, 1.54) is 0 Å². The van der Waals surface area contributed by atoms with E-state index in [1.807, 2.05) is 52.7 Å². The minimum Gasteiger partial charge on any atom is -0.378 e. The van der Waals surface area contributed by atoms with Gasteiger partial charge in [-0.05, 0) is 26.2 Å². The van der Waals surface area contributed by atoms with E-state index in [4.69, 9.17) is 4.74 Å². The van der Waals surface area contributed by atoms with Crippen molar-refractivity contribution in [3.05, 3.63) is 35.8 Å². The second-order valence-corrected chi connectivity index (χ2v) is 5.48. The van der Waals surface area contributed by atoms with Crippen molar-refractivity contribution < 1.29 is 9.53 Å². The maximum Gasteiger partial charge on any atom is 0.274 e. The Labute approximate surface area is 123 Å². The van der Waals surface area contributed by atoms with Crippen LogP contribution in [-0.2, 0) is 11.3 Å². The van der Waals surface area contributed by atoms with Crippen LogP contribution in [0, 0.1) is 0 Å². The van der Waals surface area contributed by atoms with E-state index in [9.17, 15) is 4.79 Å². The molecule has 0 spiro atoms. The van der Waals surface area contributed by atoms with E-state index in [0.717, 1.165) is 11.3 Å². The molecular formula is C15H20N4O2. The molecule has 2 aromatic heterocycles. The standard InChI is InChI=1S/C15H20N4O2/c1-17(2)11-12-14(15(20)18-7-9-21-10-8-18)16-13-5-3-4-6-19(12)13/h3-6H,7-11H2,1-2H3. The molecule has 1 aliphatic rings. The van der Waals surface area contributed by atoms with E-state index in [1.54, 1.807) is 0 Å². The Balaban J connectivity index is 2.01. The molecule has 1 amide bonds. The molecule has 6 heteroatoms. The van der Waals surface area contributed by atoms with Gasteiger partial charge in [-0.25, -0.2) is 4.98 Å². The highest BCUT2D eigenvalue weighted by molar-refractivity contribution is 5.94. The summed E-state index contributed by atoms with van der Waals surface area (Å²) in [6.45, 7) is 3.14. The van der Waals surface area contributed by atoms with Crippen LogP contribution in [0.1, 0.15) is 16.2 Å². The first-order chi connectivity index (χ1) is 10.2. The highest BCUT2D eigenvalue weighted by Gasteiger charge is 2.25. The Morgan fingerprint density at radius 1 is 1.33 bits per heavy atom. The number of rotatable bonds is 3. The third-order valence-corrected chi connectivity index (χ3v) is 3.60. The van der Waals surface area contributed by atoms with Crippen LogP contribution < -0.4 is 0 Å². The molecule has 0 saturated carbocycles. The average Bonchev–Trinajstić information content (AvgIpc) is 2.86. The number of ether oxygens (including phenoxy) is 1. The number of carbonyl (C=O) groups is 1. The first-order valence-electron chi connectivity index (χ1n) is 7.14. The predicted octanol–water partition coefficient (Wildman–Crippen LogP) is 0.868. The Hall–Kier alpha value is -1.92. The van der Waals surface area contributed by atoms with Crippen molar-refractivity contribution in [2.45, 2.75) is 6.54 Å². The van der Waals surface area contributed by atoms with Gasteiger partial charge in [0.05, 0.1) is 18.9 Å². The summed E-state index contributed by atoms with van der Waals surface area (Å²) in [6, 6.07) is 5.82. The minimum absolute atomic E-state index is 0.00106. The number of aromatic nitrogens is 2. The summed E-state index contributed by atoms with van der Waals surface area (Å²) < 4.78 is 7.31. The molecule has 0 radical (unpaired) electrons. The van der Waals surface area contributed by atoms with Gasteiger partial charge in [0.15, 0.2) is 5.69 Å². The van der Waals surface area contributed by atoms with Gasteiger partial charge in [-0.1, -0.05) is 6.07 Å². The summed E-state index contributed by atoms with van der Waals surface area (Å²) in [6.07, 6.45) is 1.96. The van der Waals surface area contributed by atoms with Crippen LogP contribution >= 0.6 is 0 Å². The van der Waals surface area contributed by atoms with Crippen molar-refractivity contribution in [1.82, 2.24) is 19.2 Å². The van der Waals surface area contributed by atoms with Crippen LogP contribution in [0.15, 0.2) is 24.4 Å². The lowest BCUT2D eigenvalue weighted by atomic mass is 10.2. The molecule has 3 heterocycles. The fourth-order valence-electron chi connectivity index (χ4n) is 2.58. The average molecular weight is 288 g/mol. The molecule has 0 unspecified atom stereocenters. The number of hydrogen-bond donors (Lipinski definition) is 0. The van der Waals surface area contributed by atoms with Crippen LogP contribution in [0.5, 0.6) is 0 Å². The van der Waals surface area contributed by atoms with Gasteiger partial charge in [-0.2, -0.15) is 0 Å². The Morgan fingerprint density at radius 2 is 2.10 bits per heavy atom. The molecule has 1 saturated heterocycles. The second kappa shape index (κ2) is 5.83. The largest absolute Gasteiger partial charge is 0.378 e. The molecule has 0 aromatic carbocycles. The zero-order valence-electron chi connectivity index (χ0n) is 12.5. The lowest BCUT2D eigenvalue weighted by Gasteiger charge is -2.26. The molecule has 0 N–H and O–H groups in total. The van der Waals surface area contributed by atoms with Crippen LogP contribution in [0.2, 0.25) is 0 Å². The molecule has 6 nitrogen and oxygen atoms in total. The summed E-state index contributed by atoms with van der Waals surface area (Å²) in [5.41, 5.74) is 2.30. The number of amides is 1. The Bertz CT molecular complexity index is 644. The predicted molar refractivity (Wildman–Crippen MR) is 79.3 cm³/mol. The SMILES string of the molecule is CN(C)Cc1c(C(=O)N2CCOCC2)nc2ccccn12. The monoisotopic (exact) mass is 288 g/mol. The van der Waals surface area contributed by atoms with Crippen LogP contribution in [0.3, 0.4) is 0 Å². The number of nitrogens with zero attached hydrogens (tertiary/aromatic N) is 4.